The molecule has 2 heteroatoms. The predicted molar refractivity (Wildman–Crippen MR) is 259 cm³/mol. The van der Waals surface area contributed by atoms with Crippen LogP contribution < -0.4 is 4.90 Å². The van der Waals surface area contributed by atoms with Gasteiger partial charge in [0.05, 0.1) is 11.0 Å². The van der Waals surface area contributed by atoms with Gasteiger partial charge in [0.1, 0.15) is 0 Å². The molecular weight excluding hydrogens is 737 g/mol. The van der Waals surface area contributed by atoms with Gasteiger partial charge < -0.3 is 9.47 Å². The van der Waals surface area contributed by atoms with Gasteiger partial charge in [-0.05, 0) is 139 Å². The summed E-state index contributed by atoms with van der Waals surface area (Å²) in [4.78, 5) is 2.39. The number of rotatable bonds is 6. The molecule has 0 unspecified atom stereocenters. The van der Waals surface area contributed by atoms with Crippen LogP contribution in [-0.2, 0) is 5.41 Å². The quantitative estimate of drug-likeness (QED) is 0.163. The van der Waals surface area contributed by atoms with Gasteiger partial charge in [0, 0.05) is 38.9 Å². The van der Waals surface area contributed by atoms with Crippen LogP contribution in [0.1, 0.15) is 25.0 Å². The molecule has 1 aliphatic rings. The third-order valence-electron chi connectivity index (χ3n) is 13.2. The van der Waals surface area contributed by atoms with Crippen molar-refractivity contribution < 1.29 is 0 Å². The van der Waals surface area contributed by atoms with Crippen molar-refractivity contribution in [3.8, 4) is 39.1 Å². The summed E-state index contributed by atoms with van der Waals surface area (Å²) in [5.74, 6) is 0. The highest BCUT2D eigenvalue weighted by molar-refractivity contribution is 6.13. The molecule has 12 rings (SSSR count). The first-order valence-electron chi connectivity index (χ1n) is 21.3. The average molecular weight is 779 g/mol. The molecule has 10 aromatic carbocycles. The number of aromatic nitrogens is 1. The second kappa shape index (κ2) is 13.7. The molecule has 0 radical (unpaired) electrons. The van der Waals surface area contributed by atoms with Gasteiger partial charge in [-0.1, -0.05) is 159 Å². The number of hydrogen-bond acceptors (Lipinski definition) is 1. The van der Waals surface area contributed by atoms with Gasteiger partial charge in [-0.2, -0.15) is 0 Å². The van der Waals surface area contributed by atoms with Gasteiger partial charge in [0.2, 0.25) is 0 Å². The van der Waals surface area contributed by atoms with Crippen molar-refractivity contribution in [2.45, 2.75) is 19.3 Å². The fraction of sp³-hybridized carbons (Fsp3) is 0.0508. The predicted octanol–water partition coefficient (Wildman–Crippen LogP) is 16.2. The van der Waals surface area contributed by atoms with Crippen molar-refractivity contribution in [2.24, 2.45) is 0 Å². The van der Waals surface area contributed by atoms with E-state index in [1.165, 1.54) is 87.9 Å². The lowest BCUT2D eigenvalue weighted by atomic mass is 9.82. The second-order valence-corrected chi connectivity index (χ2v) is 16.9. The van der Waals surface area contributed by atoms with Crippen molar-refractivity contribution in [1.82, 2.24) is 4.57 Å². The van der Waals surface area contributed by atoms with Crippen LogP contribution in [0.2, 0.25) is 0 Å². The Morgan fingerprint density at radius 1 is 0.344 bits per heavy atom. The summed E-state index contributed by atoms with van der Waals surface area (Å²) < 4.78 is 2.44. The number of nitrogens with zero attached hydrogens (tertiary/aromatic N) is 2. The highest BCUT2D eigenvalue weighted by Crippen LogP contribution is 2.51. The lowest BCUT2D eigenvalue weighted by molar-refractivity contribution is 0.660. The maximum atomic E-state index is 2.44. The molecule has 288 valence electrons. The van der Waals surface area contributed by atoms with Crippen LogP contribution in [0.15, 0.2) is 218 Å². The van der Waals surface area contributed by atoms with E-state index in [0.717, 1.165) is 22.7 Å². The van der Waals surface area contributed by atoms with Crippen LogP contribution in [0.5, 0.6) is 0 Å². The Labute approximate surface area is 356 Å². The first-order chi connectivity index (χ1) is 30.0. The molecule has 11 aromatic rings. The molecule has 61 heavy (non-hydrogen) atoms. The van der Waals surface area contributed by atoms with E-state index in [0.29, 0.717) is 0 Å². The lowest BCUT2D eigenvalue weighted by Crippen LogP contribution is -2.16. The number of fused-ring (bicyclic) bond motifs is 8. The Hall–Kier alpha value is -7.68. The van der Waals surface area contributed by atoms with Crippen molar-refractivity contribution >= 4 is 60.4 Å². The van der Waals surface area contributed by atoms with Crippen LogP contribution in [0.25, 0.3) is 82.4 Å². The van der Waals surface area contributed by atoms with Crippen LogP contribution in [-0.4, -0.2) is 4.57 Å². The molecule has 1 aliphatic carbocycles. The molecular formula is C59H42N2. The van der Waals surface area contributed by atoms with Gasteiger partial charge in [-0.3, -0.25) is 0 Å². The SMILES string of the molecule is CC1(C)c2ccccc2-c2ccc(N(c3ccccc3)c3ccc(-n4c5ccc(-c6cccc7ccccc67)cc5c5cc(-c6cccc7ccccc67)ccc54)cc3)cc21. The summed E-state index contributed by atoms with van der Waals surface area (Å²) in [5, 5.41) is 7.50. The summed E-state index contributed by atoms with van der Waals surface area (Å²) in [7, 11) is 0. The Balaban J connectivity index is 1.02. The number of para-hydroxylation sites is 1. The van der Waals surface area contributed by atoms with Crippen molar-refractivity contribution in [1.29, 1.82) is 0 Å². The number of benzene rings is 10. The van der Waals surface area contributed by atoms with Gasteiger partial charge in [-0.25, -0.2) is 0 Å². The van der Waals surface area contributed by atoms with Crippen LogP contribution >= 0.6 is 0 Å². The monoisotopic (exact) mass is 778 g/mol. The molecule has 0 bridgehead atoms. The van der Waals surface area contributed by atoms with Crippen LogP contribution in [0.4, 0.5) is 17.1 Å². The molecule has 0 fully saturated rings. The zero-order valence-corrected chi connectivity index (χ0v) is 34.2. The summed E-state index contributed by atoms with van der Waals surface area (Å²) in [5.41, 5.74) is 17.1. The standard InChI is InChI=1S/C59H42N2/c1-59(2)55-25-11-10-22-51(55)52-33-32-46(38-56(52)59)60(43-18-4-3-5-19-43)44-28-30-45(31-29-44)61-57-34-26-41(49-23-12-16-39-14-6-8-20-47(39)49)36-53(57)54-37-42(27-35-58(54)61)50-24-13-17-40-15-7-9-21-48(40)50/h3-38H,1-2H3. The Morgan fingerprint density at radius 2 is 0.836 bits per heavy atom. The van der Waals surface area contributed by atoms with Gasteiger partial charge >= 0.3 is 0 Å². The fourth-order valence-corrected chi connectivity index (χ4v) is 10.2. The molecule has 0 spiro atoms. The van der Waals surface area contributed by atoms with Crippen LogP contribution in [0.3, 0.4) is 0 Å². The van der Waals surface area contributed by atoms with Gasteiger partial charge in [0.25, 0.3) is 0 Å². The largest absolute Gasteiger partial charge is 0.310 e. The van der Waals surface area contributed by atoms with E-state index in [1.807, 2.05) is 0 Å². The number of anilines is 3. The summed E-state index contributed by atoms with van der Waals surface area (Å²) in [6.07, 6.45) is 0. The summed E-state index contributed by atoms with van der Waals surface area (Å²) in [6, 6.07) is 80.4. The van der Waals surface area contributed by atoms with Crippen molar-refractivity contribution in [3.63, 3.8) is 0 Å². The topological polar surface area (TPSA) is 8.17 Å². The third kappa shape index (κ3) is 5.56. The average Bonchev–Trinajstić information content (AvgIpc) is 3.76. The summed E-state index contributed by atoms with van der Waals surface area (Å²) >= 11 is 0. The molecule has 0 saturated carbocycles. The third-order valence-corrected chi connectivity index (χ3v) is 13.2. The van der Waals surface area contributed by atoms with E-state index in [1.54, 1.807) is 0 Å². The smallest absolute Gasteiger partial charge is 0.0541 e. The van der Waals surface area contributed by atoms with Crippen molar-refractivity contribution in [2.75, 3.05) is 4.90 Å². The minimum absolute atomic E-state index is 0.0916. The lowest BCUT2D eigenvalue weighted by Gasteiger charge is -2.28. The first kappa shape index (κ1) is 35.3. The fourth-order valence-electron chi connectivity index (χ4n) is 10.2. The maximum Gasteiger partial charge on any atom is 0.0541 e. The molecule has 0 N–H and O–H groups in total. The highest BCUT2D eigenvalue weighted by atomic mass is 15.1. The molecule has 0 saturated heterocycles. The normalized spacial score (nSPS) is 12.9. The molecule has 1 aromatic heterocycles. The Morgan fingerprint density at radius 3 is 1.48 bits per heavy atom. The second-order valence-electron chi connectivity index (χ2n) is 16.9. The maximum absolute atomic E-state index is 2.44. The van der Waals surface area contributed by atoms with E-state index in [-0.39, 0.29) is 5.41 Å². The van der Waals surface area contributed by atoms with E-state index in [4.69, 9.17) is 0 Å². The minimum atomic E-state index is -0.0916. The van der Waals surface area contributed by atoms with E-state index >= 15 is 0 Å². The molecule has 1 heterocycles. The summed E-state index contributed by atoms with van der Waals surface area (Å²) in [6.45, 7) is 4.70. The van der Waals surface area contributed by atoms with E-state index in [2.05, 4.69) is 242 Å². The van der Waals surface area contributed by atoms with E-state index < -0.39 is 0 Å². The van der Waals surface area contributed by atoms with Crippen molar-refractivity contribution in [3.05, 3.63) is 230 Å². The Kier molecular flexibility index (Phi) is 7.92. The molecule has 0 aliphatic heterocycles. The zero-order chi connectivity index (χ0) is 40.7. The molecule has 0 atom stereocenters. The van der Waals surface area contributed by atoms with E-state index in [9.17, 15) is 0 Å². The van der Waals surface area contributed by atoms with Gasteiger partial charge in [0.15, 0.2) is 0 Å². The Bertz CT molecular complexity index is 3350. The van der Waals surface area contributed by atoms with Gasteiger partial charge in [-0.15, -0.1) is 0 Å². The molecule has 0 amide bonds. The molecule has 2 nitrogen and oxygen atoms in total. The van der Waals surface area contributed by atoms with Crippen LogP contribution in [0, 0.1) is 0 Å². The highest BCUT2D eigenvalue weighted by Gasteiger charge is 2.35. The number of hydrogen-bond donors (Lipinski definition) is 0. The zero-order valence-electron chi connectivity index (χ0n) is 34.2. The first-order valence-corrected chi connectivity index (χ1v) is 21.3. The minimum Gasteiger partial charge on any atom is -0.310 e.